The number of carbonyl (C=O) groups is 1. The summed E-state index contributed by atoms with van der Waals surface area (Å²) in [4.78, 5) is 12.1. The lowest BCUT2D eigenvalue weighted by Crippen LogP contribution is -2.31. The van der Waals surface area contributed by atoms with E-state index < -0.39 is 5.41 Å². The van der Waals surface area contributed by atoms with Crippen molar-refractivity contribution in [3.8, 4) is 0 Å². The van der Waals surface area contributed by atoms with Crippen LogP contribution in [0.2, 0.25) is 5.02 Å². The molecule has 1 unspecified atom stereocenters. The van der Waals surface area contributed by atoms with Gasteiger partial charge in [0.05, 0.1) is 28.4 Å². The van der Waals surface area contributed by atoms with Crippen molar-refractivity contribution in [2.75, 3.05) is 6.61 Å². The summed E-state index contributed by atoms with van der Waals surface area (Å²) in [6.07, 6.45) is 2.05. The van der Waals surface area contributed by atoms with Gasteiger partial charge < -0.3 is 4.74 Å². The van der Waals surface area contributed by atoms with Gasteiger partial charge in [0.25, 0.3) is 0 Å². The third-order valence-electron chi connectivity index (χ3n) is 3.18. The third-order valence-corrected chi connectivity index (χ3v) is 3.67. The highest BCUT2D eigenvalue weighted by atomic mass is 35.5. The number of aromatic nitrogens is 2. The lowest BCUT2D eigenvalue weighted by Gasteiger charge is -2.23. The second-order valence-corrected chi connectivity index (χ2v) is 5.06. The lowest BCUT2D eigenvalue weighted by molar-refractivity contribution is -0.151. The van der Waals surface area contributed by atoms with Crippen molar-refractivity contribution < 1.29 is 9.53 Å². The van der Waals surface area contributed by atoms with Crippen LogP contribution in [0.4, 0.5) is 0 Å². The Morgan fingerprint density at radius 3 is 2.68 bits per heavy atom. The van der Waals surface area contributed by atoms with E-state index in [0.29, 0.717) is 24.6 Å². The van der Waals surface area contributed by atoms with Gasteiger partial charge in [-0.2, -0.15) is 5.10 Å². The highest BCUT2D eigenvalue weighted by Crippen LogP contribution is 2.30. The molecule has 0 saturated heterocycles. The number of nitrogens with zero attached hydrogens (tertiary/aromatic N) is 2. The summed E-state index contributed by atoms with van der Waals surface area (Å²) in [5.41, 5.74) is 0.824. The van der Waals surface area contributed by atoms with E-state index in [1.165, 1.54) is 0 Å². The summed E-state index contributed by atoms with van der Waals surface area (Å²) in [5, 5.41) is 4.96. The molecule has 0 N–H and O–H groups in total. The van der Waals surface area contributed by atoms with Gasteiger partial charge in [-0.1, -0.05) is 17.7 Å². The Kier molecular flexibility index (Phi) is 5.18. The fraction of sp³-hybridized carbons (Fsp3) is 0.571. The zero-order chi connectivity index (χ0) is 14.6. The number of carbonyl (C=O) groups excluding carboxylic acids is 1. The van der Waals surface area contributed by atoms with Gasteiger partial charge in [-0.05, 0) is 27.7 Å². The topological polar surface area (TPSA) is 44.1 Å². The Morgan fingerprint density at radius 2 is 2.21 bits per heavy atom. The van der Waals surface area contributed by atoms with E-state index in [1.54, 1.807) is 19.9 Å². The molecule has 1 aromatic heterocycles. The van der Waals surface area contributed by atoms with Gasteiger partial charge in [0.2, 0.25) is 0 Å². The fourth-order valence-electron chi connectivity index (χ4n) is 1.91. The van der Waals surface area contributed by atoms with E-state index >= 15 is 0 Å². The molecule has 0 aliphatic heterocycles. The molecule has 106 valence electrons. The second kappa shape index (κ2) is 6.24. The van der Waals surface area contributed by atoms with E-state index in [2.05, 4.69) is 11.7 Å². The maximum absolute atomic E-state index is 12.1. The smallest absolute Gasteiger partial charge is 0.316 e. The molecular weight excluding hydrogens is 264 g/mol. The molecule has 0 radical (unpaired) electrons. The molecule has 1 heterocycles. The molecule has 0 amide bonds. The first-order chi connectivity index (χ1) is 8.89. The lowest BCUT2D eigenvalue weighted by atomic mass is 9.85. The van der Waals surface area contributed by atoms with E-state index in [-0.39, 0.29) is 5.97 Å². The minimum absolute atomic E-state index is 0.289. The summed E-state index contributed by atoms with van der Waals surface area (Å²) in [5.74, 6) is -0.289. The highest BCUT2D eigenvalue weighted by Gasteiger charge is 2.34. The van der Waals surface area contributed by atoms with Crippen LogP contribution in [0, 0.1) is 12.3 Å². The van der Waals surface area contributed by atoms with E-state index in [9.17, 15) is 4.79 Å². The van der Waals surface area contributed by atoms with Crippen molar-refractivity contribution in [3.63, 3.8) is 0 Å². The number of rotatable bonds is 6. The van der Waals surface area contributed by atoms with Crippen molar-refractivity contribution in [2.24, 2.45) is 5.41 Å². The van der Waals surface area contributed by atoms with Crippen LogP contribution in [0.1, 0.15) is 32.2 Å². The maximum Gasteiger partial charge on any atom is 0.316 e. The Labute approximate surface area is 119 Å². The Bertz CT molecular complexity index is 482. The second-order valence-electron chi connectivity index (χ2n) is 4.68. The first-order valence-electron chi connectivity index (χ1n) is 6.42. The van der Waals surface area contributed by atoms with Gasteiger partial charge in [0.1, 0.15) is 0 Å². The average Bonchev–Trinajstić information content (AvgIpc) is 2.66. The van der Waals surface area contributed by atoms with Crippen LogP contribution in [0.5, 0.6) is 0 Å². The molecule has 0 aromatic carbocycles. The summed E-state index contributed by atoms with van der Waals surface area (Å²) in [7, 11) is 0. The van der Waals surface area contributed by atoms with Crippen LogP contribution in [-0.2, 0) is 22.5 Å². The molecule has 19 heavy (non-hydrogen) atoms. The number of halogens is 1. The maximum atomic E-state index is 12.1. The minimum atomic E-state index is -0.793. The van der Waals surface area contributed by atoms with Crippen molar-refractivity contribution in [2.45, 2.75) is 40.7 Å². The molecule has 0 aliphatic rings. The van der Waals surface area contributed by atoms with Crippen LogP contribution < -0.4 is 0 Å². The molecule has 0 saturated carbocycles. The Morgan fingerprint density at radius 1 is 1.58 bits per heavy atom. The van der Waals surface area contributed by atoms with Crippen molar-refractivity contribution in [3.05, 3.63) is 29.1 Å². The molecule has 0 bridgehead atoms. The van der Waals surface area contributed by atoms with E-state index in [0.717, 1.165) is 11.4 Å². The van der Waals surface area contributed by atoms with Gasteiger partial charge in [0.15, 0.2) is 0 Å². The van der Waals surface area contributed by atoms with Crippen molar-refractivity contribution >= 4 is 17.6 Å². The molecule has 1 atom stereocenters. The van der Waals surface area contributed by atoms with Gasteiger partial charge in [0, 0.05) is 13.0 Å². The zero-order valence-corrected chi connectivity index (χ0v) is 12.8. The Hall–Kier alpha value is -1.29. The summed E-state index contributed by atoms with van der Waals surface area (Å²) >= 11 is 6.27. The first-order valence-corrected chi connectivity index (χ1v) is 6.80. The summed E-state index contributed by atoms with van der Waals surface area (Å²) in [6, 6.07) is 0. The zero-order valence-electron chi connectivity index (χ0n) is 12.0. The quantitative estimate of drug-likeness (QED) is 0.595. The molecule has 1 aromatic rings. The van der Waals surface area contributed by atoms with Crippen LogP contribution >= 0.6 is 11.6 Å². The van der Waals surface area contributed by atoms with Gasteiger partial charge in [-0.25, -0.2) is 0 Å². The normalized spacial score (nSPS) is 13.9. The molecule has 0 fully saturated rings. The molecule has 5 heteroatoms. The third kappa shape index (κ3) is 3.18. The predicted octanol–water partition coefficient (Wildman–Crippen LogP) is 3.16. The van der Waals surface area contributed by atoms with Crippen LogP contribution in [-0.4, -0.2) is 22.4 Å². The fourth-order valence-corrected chi connectivity index (χ4v) is 2.11. The van der Waals surface area contributed by atoms with E-state index in [1.807, 2.05) is 18.5 Å². The summed E-state index contributed by atoms with van der Waals surface area (Å²) in [6.45, 7) is 12.2. The van der Waals surface area contributed by atoms with E-state index in [4.69, 9.17) is 16.3 Å². The molecular formula is C14H21ClN2O2. The predicted molar refractivity (Wildman–Crippen MR) is 76.3 cm³/mol. The average molecular weight is 285 g/mol. The number of esters is 1. The molecule has 0 aliphatic carbocycles. The van der Waals surface area contributed by atoms with Crippen LogP contribution in [0.3, 0.4) is 0 Å². The standard InChI is InChI=1S/C14H21ClN2O2/c1-6-14(5,13(18)19-8-3)9-11-12(15)10(4)16-17(11)7-2/h6H,1,7-9H2,2-5H3. The van der Waals surface area contributed by atoms with Gasteiger partial charge in [-0.15, -0.1) is 6.58 Å². The highest BCUT2D eigenvalue weighted by molar-refractivity contribution is 6.31. The molecule has 1 rings (SSSR count). The summed E-state index contributed by atoms with van der Waals surface area (Å²) < 4.78 is 6.93. The minimum Gasteiger partial charge on any atom is -0.465 e. The SMILES string of the molecule is C=CC(C)(Cc1c(Cl)c(C)nn1CC)C(=O)OCC. The number of ether oxygens (including phenoxy) is 1. The number of hydrogen-bond acceptors (Lipinski definition) is 3. The van der Waals surface area contributed by atoms with Crippen LogP contribution in [0.25, 0.3) is 0 Å². The number of hydrogen-bond donors (Lipinski definition) is 0. The molecule has 4 nitrogen and oxygen atoms in total. The number of aryl methyl sites for hydroxylation is 2. The largest absolute Gasteiger partial charge is 0.465 e. The first kappa shape index (κ1) is 15.8. The van der Waals surface area contributed by atoms with Gasteiger partial charge >= 0.3 is 5.97 Å². The van der Waals surface area contributed by atoms with Crippen molar-refractivity contribution in [1.82, 2.24) is 9.78 Å². The van der Waals surface area contributed by atoms with Gasteiger partial charge in [-0.3, -0.25) is 9.48 Å². The monoisotopic (exact) mass is 284 g/mol. The van der Waals surface area contributed by atoms with Crippen molar-refractivity contribution in [1.29, 1.82) is 0 Å². The van der Waals surface area contributed by atoms with Crippen LogP contribution in [0.15, 0.2) is 12.7 Å². The Balaban J connectivity index is 3.11. The molecule has 0 spiro atoms.